The minimum atomic E-state index is 0.467. The second kappa shape index (κ2) is 8.36. The normalized spacial score (nSPS) is 12.9. The van der Waals surface area contributed by atoms with E-state index in [9.17, 15) is 0 Å². The molecular weight excluding hydrogens is 222 g/mol. The summed E-state index contributed by atoms with van der Waals surface area (Å²) in [4.78, 5) is 0. The topological polar surface area (TPSA) is 25.2 Å². The molecule has 0 saturated heterocycles. The molecule has 2 heteroatoms. The molecule has 1 heterocycles. The highest BCUT2D eigenvalue weighted by atomic mass is 16.3. The fraction of sp³-hybridized carbons (Fsp3) is 0.750. The van der Waals surface area contributed by atoms with Crippen molar-refractivity contribution in [3.63, 3.8) is 0 Å². The molecule has 1 N–H and O–H groups in total. The lowest BCUT2D eigenvalue weighted by Gasteiger charge is -2.17. The zero-order valence-corrected chi connectivity index (χ0v) is 12.5. The van der Waals surface area contributed by atoms with Crippen LogP contribution in [0.1, 0.15) is 75.5 Å². The number of furan rings is 1. The Morgan fingerprint density at radius 1 is 1.11 bits per heavy atom. The molecule has 0 aliphatic rings. The van der Waals surface area contributed by atoms with E-state index in [0.29, 0.717) is 6.04 Å². The van der Waals surface area contributed by atoms with Crippen LogP contribution in [0.2, 0.25) is 0 Å². The predicted molar refractivity (Wildman–Crippen MR) is 78.0 cm³/mol. The lowest BCUT2D eigenvalue weighted by Crippen LogP contribution is -2.21. The van der Waals surface area contributed by atoms with Gasteiger partial charge in [0, 0.05) is 11.6 Å². The van der Waals surface area contributed by atoms with Gasteiger partial charge in [0.2, 0.25) is 0 Å². The van der Waals surface area contributed by atoms with Crippen LogP contribution in [-0.2, 0) is 0 Å². The van der Waals surface area contributed by atoms with Crippen molar-refractivity contribution in [2.75, 3.05) is 6.54 Å². The maximum absolute atomic E-state index is 5.65. The van der Waals surface area contributed by atoms with Crippen molar-refractivity contribution in [1.82, 2.24) is 5.32 Å². The molecule has 0 aliphatic heterocycles. The molecule has 0 saturated carbocycles. The first kappa shape index (κ1) is 15.3. The number of rotatable bonds is 9. The molecule has 1 atom stereocenters. The monoisotopic (exact) mass is 251 g/mol. The first-order valence-corrected chi connectivity index (χ1v) is 7.49. The second-order valence-corrected chi connectivity index (χ2v) is 5.18. The third kappa shape index (κ3) is 4.85. The summed E-state index contributed by atoms with van der Waals surface area (Å²) < 4.78 is 5.65. The van der Waals surface area contributed by atoms with Crippen LogP contribution in [0.5, 0.6) is 0 Å². The van der Waals surface area contributed by atoms with E-state index < -0.39 is 0 Å². The highest BCUT2D eigenvalue weighted by Crippen LogP contribution is 2.26. The van der Waals surface area contributed by atoms with Gasteiger partial charge in [-0.05, 0) is 32.9 Å². The van der Waals surface area contributed by atoms with Crippen LogP contribution >= 0.6 is 0 Å². The first-order chi connectivity index (χ1) is 8.69. The van der Waals surface area contributed by atoms with Crippen molar-refractivity contribution in [2.24, 2.45) is 0 Å². The van der Waals surface area contributed by atoms with Gasteiger partial charge >= 0.3 is 0 Å². The first-order valence-electron chi connectivity index (χ1n) is 7.49. The largest absolute Gasteiger partial charge is 0.466 e. The average Bonchev–Trinajstić information content (AvgIpc) is 2.67. The van der Waals surface area contributed by atoms with Gasteiger partial charge in [0.05, 0.1) is 0 Å². The standard InChI is InChI=1S/C16H29NO/c1-5-7-8-9-10-11-16(17-6-2)15-12-13(3)18-14(15)4/h12,16-17H,5-11H2,1-4H3. The van der Waals surface area contributed by atoms with E-state index in [2.05, 4.69) is 32.2 Å². The lowest BCUT2D eigenvalue weighted by molar-refractivity contribution is 0.458. The van der Waals surface area contributed by atoms with E-state index >= 15 is 0 Å². The van der Waals surface area contributed by atoms with Crippen molar-refractivity contribution in [3.05, 3.63) is 23.2 Å². The number of hydrogen-bond donors (Lipinski definition) is 1. The van der Waals surface area contributed by atoms with Gasteiger partial charge in [0.25, 0.3) is 0 Å². The summed E-state index contributed by atoms with van der Waals surface area (Å²) in [5.41, 5.74) is 1.35. The van der Waals surface area contributed by atoms with Crippen LogP contribution in [0.4, 0.5) is 0 Å². The van der Waals surface area contributed by atoms with E-state index in [1.807, 2.05) is 6.92 Å². The third-order valence-electron chi connectivity index (χ3n) is 3.50. The molecule has 0 spiro atoms. The summed E-state index contributed by atoms with van der Waals surface area (Å²) >= 11 is 0. The van der Waals surface area contributed by atoms with Gasteiger partial charge < -0.3 is 9.73 Å². The molecule has 0 amide bonds. The fourth-order valence-electron chi connectivity index (χ4n) is 2.56. The Morgan fingerprint density at radius 2 is 1.83 bits per heavy atom. The maximum Gasteiger partial charge on any atom is 0.105 e. The van der Waals surface area contributed by atoms with Crippen molar-refractivity contribution in [1.29, 1.82) is 0 Å². The van der Waals surface area contributed by atoms with E-state index in [4.69, 9.17) is 4.42 Å². The summed E-state index contributed by atoms with van der Waals surface area (Å²) in [5.74, 6) is 2.10. The maximum atomic E-state index is 5.65. The molecule has 0 fully saturated rings. The Hall–Kier alpha value is -0.760. The molecule has 0 aromatic carbocycles. The van der Waals surface area contributed by atoms with Gasteiger partial charge in [-0.3, -0.25) is 0 Å². The molecule has 104 valence electrons. The molecule has 18 heavy (non-hydrogen) atoms. The number of unbranched alkanes of at least 4 members (excludes halogenated alkanes) is 4. The Morgan fingerprint density at radius 3 is 2.39 bits per heavy atom. The van der Waals surface area contributed by atoms with Crippen molar-refractivity contribution >= 4 is 0 Å². The molecule has 1 aromatic rings. The molecule has 0 bridgehead atoms. The van der Waals surface area contributed by atoms with Gasteiger partial charge in [-0.2, -0.15) is 0 Å². The molecule has 1 aromatic heterocycles. The van der Waals surface area contributed by atoms with Gasteiger partial charge in [-0.15, -0.1) is 0 Å². The zero-order chi connectivity index (χ0) is 13.4. The summed E-state index contributed by atoms with van der Waals surface area (Å²) in [6.07, 6.45) is 7.94. The zero-order valence-electron chi connectivity index (χ0n) is 12.5. The van der Waals surface area contributed by atoms with Crippen LogP contribution in [0.3, 0.4) is 0 Å². The Balaban J connectivity index is 2.47. The summed E-state index contributed by atoms with van der Waals surface area (Å²) in [7, 11) is 0. The minimum Gasteiger partial charge on any atom is -0.466 e. The van der Waals surface area contributed by atoms with Crippen molar-refractivity contribution in [3.8, 4) is 0 Å². The highest BCUT2D eigenvalue weighted by Gasteiger charge is 2.15. The third-order valence-corrected chi connectivity index (χ3v) is 3.50. The minimum absolute atomic E-state index is 0.467. The molecule has 1 rings (SSSR count). The van der Waals surface area contributed by atoms with Crippen molar-refractivity contribution in [2.45, 2.75) is 72.3 Å². The fourth-order valence-corrected chi connectivity index (χ4v) is 2.56. The molecule has 0 radical (unpaired) electrons. The smallest absolute Gasteiger partial charge is 0.105 e. The Labute approximate surface area is 112 Å². The second-order valence-electron chi connectivity index (χ2n) is 5.18. The highest BCUT2D eigenvalue weighted by molar-refractivity contribution is 5.24. The summed E-state index contributed by atoms with van der Waals surface area (Å²) in [6, 6.07) is 2.66. The van der Waals surface area contributed by atoms with Gasteiger partial charge in [-0.25, -0.2) is 0 Å². The van der Waals surface area contributed by atoms with E-state index in [1.54, 1.807) is 0 Å². The van der Waals surface area contributed by atoms with Gasteiger partial charge in [0.1, 0.15) is 11.5 Å². The van der Waals surface area contributed by atoms with Crippen LogP contribution in [0, 0.1) is 13.8 Å². The number of hydrogen-bond acceptors (Lipinski definition) is 2. The molecular formula is C16H29NO. The van der Waals surface area contributed by atoms with E-state index in [-0.39, 0.29) is 0 Å². The van der Waals surface area contributed by atoms with Gasteiger partial charge in [0.15, 0.2) is 0 Å². The predicted octanol–water partition coefficient (Wildman–Crippen LogP) is 4.91. The van der Waals surface area contributed by atoms with Gasteiger partial charge in [-0.1, -0.05) is 46.0 Å². The quantitative estimate of drug-likeness (QED) is 0.631. The summed E-state index contributed by atoms with van der Waals surface area (Å²) in [6.45, 7) is 9.55. The van der Waals surface area contributed by atoms with Crippen LogP contribution < -0.4 is 5.32 Å². The van der Waals surface area contributed by atoms with Crippen LogP contribution in [0.25, 0.3) is 0 Å². The van der Waals surface area contributed by atoms with E-state index in [1.165, 1.54) is 44.1 Å². The Kier molecular flexibility index (Phi) is 7.11. The van der Waals surface area contributed by atoms with Crippen LogP contribution in [-0.4, -0.2) is 6.54 Å². The molecule has 0 aliphatic carbocycles. The summed E-state index contributed by atoms with van der Waals surface area (Å²) in [5, 5.41) is 3.58. The average molecular weight is 251 g/mol. The molecule has 1 unspecified atom stereocenters. The Bertz CT molecular complexity index is 330. The lowest BCUT2D eigenvalue weighted by atomic mass is 10.00. The van der Waals surface area contributed by atoms with Crippen molar-refractivity contribution < 1.29 is 4.42 Å². The number of aryl methyl sites for hydroxylation is 2. The van der Waals surface area contributed by atoms with E-state index in [0.717, 1.165) is 18.1 Å². The number of nitrogens with one attached hydrogen (secondary N) is 1. The van der Waals surface area contributed by atoms with Crippen LogP contribution in [0.15, 0.2) is 10.5 Å². The SMILES string of the molecule is CCCCCCCC(NCC)c1cc(C)oc1C. The molecule has 2 nitrogen and oxygen atoms in total.